The number of nitrogens with zero attached hydrogens (tertiary/aromatic N) is 3. The molecule has 0 spiro atoms. The predicted molar refractivity (Wildman–Crippen MR) is 125 cm³/mol. The van der Waals surface area contributed by atoms with Gasteiger partial charge >= 0.3 is 0 Å². The van der Waals surface area contributed by atoms with Crippen LogP contribution in [0.5, 0.6) is 0 Å². The van der Waals surface area contributed by atoms with E-state index in [9.17, 15) is 4.79 Å². The van der Waals surface area contributed by atoms with Crippen molar-refractivity contribution in [1.29, 1.82) is 0 Å². The molecule has 0 atom stereocenters. The molecule has 6 nitrogen and oxygen atoms in total. The molecule has 0 aliphatic carbocycles. The second-order valence-electron chi connectivity index (χ2n) is 6.79. The maximum Gasteiger partial charge on any atom is 0.220 e. The minimum Gasteiger partial charge on any atom is -0.383 e. The van der Waals surface area contributed by atoms with Crippen molar-refractivity contribution in [3.8, 4) is 5.69 Å². The van der Waals surface area contributed by atoms with Crippen LogP contribution in [0, 0.1) is 0 Å². The summed E-state index contributed by atoms with van der Waals surface area (Å²) in [7, 11) is 1.61. The van der Waals surface area contributed by atoms with Crippen molar-refractivity contribution in [2.45, 2.75) is 24.4 Å². The van der Waals surface area contributed by atoms with Gasteiger partial charge in [0.25, 0.3) is 0 Å². The molecule has 31 heavy (non-hydrogen) atoms. The van der Waals surface area contributed by atoms with Gasteiger partial charge in [-0.05, 0) is 30.2 Å². The average Bonchev–Trinajstić information content (AvgIpc) is 3.16. The fourth-order valence-electron chi connectivity index (χ4n) is 2.95. The number of amides is 1. The fourth-order valence-corrected chi connectivity index (χ4v) is 4.15. The molecule has 164 valence electrons. The first-order valence-corrected chi connectivity index (χ1v) is 11.6. The van der Waals surface area contributed by atoms with Crippen molar-refractivity contribution in [2.24, 2.45) is 0 Å². The molecule has 9 heteroatoms. The summed E-state index contributed by atoms with van der Waals surface area (Å²) in [5.41, 5.74) is 1.99. The number of benzene rings is 2. The average molecular weight is 479 g/mol. The number of hydrogen-bond donors (Lipinski definition) is 1. The topological polar surface area (TPSA) is 69.0 Å². The second-order valence-corrected chi connectivity index (χ2v) is 8.67. The highest BCUT2D eigenvalue weighted by Crippen LogP contribution is 2.29. The lowest BCUT2D eigenvalue weighted by atomic mass is 10.1. The molecule has 0 aliphatic heterocycles. The van der Waals surface area contributed by atoms with Crippen LogP contribution in [0.15, 0.2) is 53.7 Å². The van der Waals surface area contributed by atoms with Crippen LogP contribution in [0.3, 0.4) is 0 Å². The lowest BCUT2D eigenvalue weighted by Gasteiger charge is -2.11. The maximum atomic E-state index is 11.9. The molecule has 0 saturated carbocycles. The van der Waals surface area contributed by atoms with Crippen molar-refractivity contribution in [2.75, 3.05) is 26.0 Å². The molecule has 1 N–H and O–H groups in total. The maximum absolute atomic E-state index is 11.9. The van der Waals surface area contributed by atoms with E-state index in [0.717, 1.165) is 34.4 Å². The number of methoxy groups -OCH3 is 1. The van der Waals surface area contributed by atoms with Gasteiger partial charge in [0.15, 0.2) is 5.16 Å². The number of carbonyl (C=O) groups is 1. The molecule has 0 bridgehead atoms. The van der Waals surface area contributed by atoms with Gasteiger partial charge in [0.05, 0.1) is 22.3 Å². The minimum atomic E-state index is 0.0216. The van der Waals surface area contributed by atoms with Crippen molar-refractivity contribution in [3.05, 3.63) is 70.0 Å². The summed E-state index contributed by atoms with van der Waals surface area (Å²) < 4.78 is 6.94. The predicted octanol–water partition coefficient (Wildman–Crippen LogP) is 4.80. The molecule has 0 fully saturated rings. The monoisotopic (exact) mass is 478 g/mol. The summed E-state index contributed by atoms with van der Waals surface area (Å²) in [5.74, 6) is 1.57. The van der Waals surface area contributed by atoms with Gasteiger partial charge in [0, 0.05) is 32.2 Å². The first kappa shape index (κ1) is 23.6. The Balaban J connectivity index is 1.72. The lowest BCUT2D eigenvalue weighted by Crippen LogP contribution is -2.26. The van der Waals surface area contributed by atoms with E-state index in [1.54, 1.807) is 24.9 Å². The number of carbonyl (C=O) groups excluding carboxylic acids is 1. The standard InChI is InChI=1S/C22H24Cl2N4O2S/c1-30-12-11-25-21(29)8-5-13-31-22-27-26-20(14-16-6-3-2-4-7-16)28(22)17-9-10-18(23)19(24)15-17/h2-4,6-7,9-10,15H,5,8,11-14H2,1H3,(H,25,29). The molecular formula is C22H24Cl2N4O2S. The number of rotatable bonds is 11. The zero-order valence-corrected chi connectivity index (χ0v) is 19.5. The van der Waals surface area contributed by atoms with E-state index in [1.165, 1.54) is 0 Å². The lowest BCUT2D eigenvalue weighted by molar-refractivity contribution is -0.121. The first-order chi connectivity index (χ1) is 15.1. The number of ether oxygens (including phenoxy) is 1. The van der Waals surface area contributed by atoms with Crippen LogP contribution in [-0.2, 0) is 16.0 Å². The van der Waals surface area contributed by atoms with E-state index in [4.69, 9.17) is 27.9 Å². The number of aromatic nitrogens is 3. The van der Waals surface area contributed by atoms with Crippen LogP contribution in [0.4, 0.5) is 0 Å². The van der Waals surface area contributed by atoms with Crippen LogP contribution in [0.25, 0.3) is 5.69 Å². The molecule has 1 heterocycles. The Labute approximate surface area is 196 Å². The van der Waals surface area contributed by atoms with Crippen molar-refractivity contribution in [3.63, 3.8) is 0 Å². The van der Waals surface area contributed by atoms with E-state index in [1.807, 2.05) is 34.9 Å². The van der Waals surface area contributed by atoms with Gasteiger partial charge in [0.1, 0.15) is 5.82 Å². The SMILES string of the molecule is COCCNC(=O)CCCSc1nnc(Cc2ccccc2)n1-c1ccc(Cl)c(Cl)c1. The van der Waals surface area contributed by atoms with Gasteiger partial charge in [-0.3, -0.25) is 9.36 Å². The van der Waals surface area contributed by atoms with Gasteiger partial charge in [-0.1, -0.05) is 65.3 Å². The van der Waals surface area contributed by atoms with Crippen LogP contribution in [-0.4, -0.2) is 46.7 Å². The molecule has 2 aromatic carbocycles. The third-order valence-corrected chi connectivity index (χ3v) is 6.23. The highest BCUT2D eigenvalue weighted by molar-refractivity contribution is 7.99. The summed E-state index contributed by atoms with van der Waals surface area (Å²) in [5, 5.41) is 13.4. The summed E-state index contributed by atoms with van der Waals surface area (Å²) in [4.78, 5) is 11.9. The number of nitrogens with one attached hydrogen (secondary N) is 1. The van der Waals surface area contributed by atoms with Crippen molar-refractivity contribution < 1.29 is 9.53 Å². The summed E-state index contributed by atoms with van der Waals surface area (Å²) in [6.07, 6.45) is 1.82. The normalized spacial score (nSPS) is 10.9. The van der Waals surface area contributed by atoms with Gasteiger partial charge in [-0.15, -0.1) is 10.2 Å². The van der Waals surface area contributed by atoms with Gasteiger partial charge < -0.3 is 10.1 Å². The molecule has 0 radical (unpaired) electrons. The van der Waals surface area contributed by atoms with Crippen LogP contribution < -0.4 is 5.32 Å². The molecule has 0 unspecified atom stereocenters. The molecule has 1 aromatic heterocycles. The Morgan fingerprint density at radius 2 is 1.94 bits per heavy atom. The Kier molecular flexibility index (Phi) is 9.21. The Morgan fingerprint density at radius 1 is 1.13 bits per heavy atom. The van der Waals surface area contributed by atoms with E-state index in [-0.39, 0.29) is 5.91 Å². The number of halogens is 2. The summed E-state index contributed by atoms with van der Waals surface area (Å²) in [6, 6.07) is 15.6. The quantitative estimate of drug-likeness (QED) is 0.316. The highest BCUT2D eigenvalue weighted by Gasteiger charge is 2.16. The van der Waals surface area contributed by atoms with Crippen LogP contribution in [0.1, 0.15) is 24.2 Å². The minimum absolute atomic E-state index is 0.0216. The molecular weight excluding hydrogens is 455 g/mol. The summed E-state index contributed by atoms with van der Waals surface area (Å²) >= 11 is 13.9. The van der Waals surface area contributed by atoms with E-state index >= 15 is 0 Å². The second kappa shape index (κ2) is 12.1. The third-order valence-electron chi connectivity index (χ3n) is 4.47. The zero-order chi connectivity index (χ0) is 22.1. The fraction of sp³-hybridized carbons (Fsp3) is 0.318. The van der Waals surface area contributed by atoms with Gasteiger partial charge in [-0.2, -0.15) is 0 Å². The molecule has 0 aliphatic rings. The smallest absolute Gasteiger partial charge is 0.220 e. The number of hydrogen-bond acceptors (Lipinski definition) is 5. The van der Waals surface area contributed by atoms with Gasteiger partial charge in [-0.25, -0.2) is 0 Å². The summed E-state index contributed by atoms with van der Waals surface area (Å²) in [6.45, 7) is 1.04. The molecule has 3 aromatic rings. The van der Waals surface area contributed by atoms with E-state index in [2.05, 4.69) is 27.6 Å². The van der Waals surface area contributed by atoms with Crippen molar-refractivity contribution in [1.82, 2.24) is 20.1 Å². The van der Waals surface area contributed by atoms with Gasteiger partial charge in [0.2, 0.25) is 5.91 Å². The zero-order valence-electron chi connectivity index (χ0n) is 17.2. The Morgan fingerprint density at radius 3 is 2.68 bits per heavy atom. The van der Waals surface area contributed by atoms with Crippen LogP contribution in [0.2, 0.25) is 10.0 Å². The third kappa shape index (κ3) is 6.97. The molecule has 3 rings (SSSR count). The van der Waals surface area contributed by atoms with Crippen LogP contribution >= 0.6 is 35.0 Å². The Hall–Kier alpha value is -2.06. The van der Waals surface area contributed by atoms with E-state index in [0.29, 0.717) is 36.0 Å². The molecule has 0 saturated heterocycles. The highest BCUT2D eigenvalue weighted by atomic mass is 35.5. The molecule has 1 amide bonds. The number of thioether (sulfide) groups is 1. The Bertz CT molecular complexity index is 998. The largest absolute Gasteiger partial charge is 0.383 e. The van der Waals surface area contributed by atoms with Crippen molar-refractivity contribution >= 4 is 40.9 Å². The van der Waals surface area contributed by atoms with E-state index < -0.39 is 0 Å². The first-order valence-electron chi connectivity index (χ1n) is 9.90.